The standard InChI is InChI=1S/C4H5NO2.2BO3.3Mg/c6-3-1-2-4(7)5-3;2*2-1(3)4;;;/h1-2H2,(H,5,6,7);;;;;/q;2*-3;3*+2. The van der Waals surface area contributed by atoms with Crippen LogP contribution in [0.25, 0.3) is 0 Å². The van der Waals surface area contributed by atoms with E-state index in [1.165, 1.54) is 0 Å². The normalized spacial score (nSPS) is 10.8. The summed E-state index contributed by atoms with van der Waals surface area (Å²) < 4.78 is 0. The van der Waals surface area contributed by atoms with Crippen LogP contribution in [-0.2, 0) is 9.59 Å². The molecule has 2 amide bonds. The summed E-state index contributed by atoms with van der Waals surface area (Å²) in [4.78, 5) is 20.2. The van der Waals surface area contributed by atoms with Gasteiger partial charge >= 0.3 is 69.2 Å². The Morgan fingerprint density at radius 3 is 0.944 bits per heavy atom. The van der Waals surface area contributed by atoms with Crippen LogP contribution >= 0.6 is 0 Å². The maximum Gasteiger partial charge on any atom is 2.00 e. The molecule has 0 radical (unpaired) electrons. The summed E-state index contributed by atoms with van der Waals surface area (Å²) in [5, 5.41) is 52.6. The maximum absolute atomic E-state index is 10.1. The Morgan fingerprint density at radius 2 is 0.889 bits per heavy atom. The van der Waals surface area contributed by atoms with Crippen molar-refractivity contribution in [1.29, 1.82) is 0 Å². The van der Waals surface area contributed by atoms with E-state index in [1.54, 1.807) is 0 Å². The predicted octanol–water partition coefficient (Wildman–Crippen LogP) is -9.62. The van der Waals surface area contributed by atoms with Gasteiger partial charge < -0.3 is 30.1 Å². The van der Waals surface area contributed by atoms with Crippen LogP contribution < -0.4 is 35.5 Å². The molecule has 14 heteroatoms. The predicted molar refractivity (Wildman–Crippen MR) is 51.2 cm³/mol. The number of hydrogen-bond acceptors (Lipinski definition) is 8. The van der Waals surface area contributed by atoms with Gasteiger partial charge in [-0.2, -0.15) is 0 Å². The van der Waals surface area contributed by atoms with E-state index in [9.17, 15) is 9.59 Å². The minimum Gasteiger partial charge on any atom is -0.907 e. The van der Waals surface area contributed by atoms with E-state index in [0.29, 0.717) is 12.8 Å². The SMILES string of the molecule is O=C1CCC(=O)N1.[Mg+2].[Mg+2].[Mg+2].[O-]B([O-])[O-].[O-]B([O-])[O-]. The first-order valence-corrected chi connectivity index (χ1v) is 3.53. The minimum atomic E-state index is -2.92. The molecule has 0 aliphatic carbocycles. The third-order valence-electron chi connectivity index (χ3n) is 0.858. The molecule has 1 aliphatic rings. The van der Waals surface area contributed by atoms with Crippen LogP contribution in [0, 0.1) is 0 Å². The molecule has 9 nitrogen and oxygen atoms in total. The number of amides is 2. The van der Waals surface area contributed by atoms with Crippen LogP contribution in [-0.4, -0.2) is 95.6 Å². The third kappa shape index (κ3) is 43.3. The van der Waals surface area contributed by atoms with Crippen LogP contribution in [0.4, 0.5) is 0 Å². The number of carbonyl (C=O) groups is 2. The van der Waals surface area contributed by atoms with Crippen LogP contribution in [0.1, 0.15) is 12.8 Å². The Labute approximate surface area is 152 Å². The van der Waals surface area contributed by atoms with Gasteiger partial charge in [0, 0.05) is 12.8 Å². The zero-order valence-corrected chi connectivity index (χ0v) is 13.7. The zero-order valence-electron chi connectivity index (χ0n) is 9.46. The number of rotatable bonds is 0. The van der Waals surface area contributed by atoms with Gasteiger partial charge in [-0.15, -0.1) is 0 Å². The molecule has 0 saturated carbocycles. The topological polar surface area (TPSA) is 185 Å². The molecular weight excluding hydrogens is 285 g/mol. The van der Waals surface area contributed by atoms with Crippen molar-refractivity contribution in [2.75, 3.05) is 0 Å². The van der Waals surface area contributed by atoms with Gasteiger partial charge in [0.15, 0.2) is 0 Å². The van der Waals surface area contributed by atoms with E-state index in [0.717, 1.165) is 0 Å². The summed E-state index contributed by atoms with van der Waals surface area (Å²) >= 11 is 0. The monoisotopic (exact) mass is 289 g/mol. The quantitative estimate of drug-likeness (QED) is 0.336. The molecule has 1 N–H and O–H groups in total. The van der Waals surface area contributed by atoms with E-state index in [2.05, 4.69) is 5.32 Å². The second-order valence-corrected chi connectivity index (χ2v) is 2.05. The van der Waals surface area contributed by atoms with E-state index in [1.807, 2.05) is 0 Å². The average molecular weight is 290 g/mol. The van der Waals surface area contributed by atoms with Gasteiger partial charge in [-0.1, -0.05) is 0 Å². The Balaban J connectivity index is -0.0000000461. The third-order valence-corrected chi connectivity index (χ3v) is 0.858. The largest absolute Gasteiger partial charge is 2.00 e. The molecular formula is C4H5B2Mg3NO8. The van der Waals surface area contributed by atoms with E-state index in [4.69, 9.17) is 30.1 Å². The number of imide groups is 1. The molecule has 0 aromatic rings. The fourth-order valence-electron chi connectivity index (χ4n) is 0.508. The molecule has 0 spiro atoms. The minimum absolute atomic E-state index is 0. The van der Waals surface area contributed by atoms with Crippen LogP contribution in [0.15, 0.2) is 0 Å². The van der Waals surface area contributed by atoms with Crippen molar-refractivity contribution in [3.8, 4) is 0 Å². The maximum atomic E-state index is 10.1. The Bertz CT molecular complexity index is 183. The summed E-state index contributed by atoms with van der Waals surface area (Å²) in [5.41, 5.74) is 0. The van der Waals surface area contributed by atoms with Gasteiger partial charge in [0.2, 0.25) is 11.8 Å². The summed E-state index contributed by atoms with van der Waals surface area (Å²) in [6, 6.07) is 0. The number of hydrogen-bond donors (Lipinski definition) is 1. The molecule has 1 heterocycles. The molecule has 1 rings (SSSR count). The van der Waals surface area contributed by atoms with E-state index in [-0.39, 0.29) is 81.0 Å². The Hall–Kier alpha value is 1.33. The summed E-state index contributed by atoms with van der Waals surface area (Å²) in [6.07, 6.45) is 0.748. The molecule has 1 saturated heterocycles. The van der Waals surface area contributed by atoms with Gasteiger partial charge in [-0.25, -0.2) is 0 Å². The van der Waals surface area contributed by atoms with Gasteiger partial charge in [-0.05, 0) is 0 Å². The summed E-state index contributed by atoms with van der Waals surface area (Å²) in [7, 11) is -5.83. The average Bonchev–Trinajstić information content (AvgIpc) is 2.31. The summed E-state index contributed by atoms with van der Waals surface area (Å²) in [5.74, 6) is -0.296. The summed E-state index contributed by atoms with van der Waals surface area (Å²) in [6.45, 7) is 0. The first kappa shape index (κ1) is 31.6. The van der Waals surface area contributed by atoms with Crippen molar-refractivity contribution in [2.45, 2.75) is 12.8 Å². The molecule has 0 unspecified atom stereocenters. The molecule has 1 fully saturated rings. The molecule has 0 atom stereocenters. The fraction of sp³-hybridized carbons (Fsp3) is 0.500. The first-order chi connectivity index (χ1) is 6.75. The molecule has 86 valence electrons. The molecule has 0 aromatic heterocycles. The second kappa shape index (κ2) is 20.6. The molecule has 1 aliphatic heterocycles. The smallest absolute Gasteiger partial charge is 0.907 e. The van der Waals surface area contributed by atoms with Crippen molar-refractivity contribution >= 4 is 95.6 Å². The van der Waals surface area contributed by atoms with E-state index < -0.39 is 14.6 Å². The molecule has 18 heavy (non-hydrogen) atoms. The molecule has 0 aromatic carbocycles. The zero-order chi connectivity index (χ0) is 12.4. The number of nitrogens with one attached hydrogen (secondary N) is 1. The molecule has 0 bridgehead atoms. The van der Waals surface area contributed by atoms with Crippen molar-refractivity contribution in [3.63, 3.8) is 0 Å². The van der Waals surface area contributed by atoms with Crippen molar-refractivity contribution in [2.24, 2.45) is 0 Å². The van der Waals surface area contributed by atoms with Crippen LogP contribution in [0.2, 0.25) is 0 Å². The van der Waals surface area contributed by atoms with Gasteiger partial charge in [0.1, 0.15) is 0 Å². The fourth-order valence-corrected chi connectivity index (χ4v) is 0.508. The van der Waals surface area contributed by atoms with Crippen LogP contribution in [0.5, 0.6) is 0 Å². The van der Waals surface area contributed by atoms with Crippen molar-refractivity contribution in [3.05, 3.63) is 0 Å². The number of carbonyl (C=O) groups excluding carboxylic acids is 2. The van der Waals surface area contributed by atoms with Crippen molar-refractivity contribution < 1.29 is 39.7 Å². The van der Waals surface area contributed by atoms with Crippen molar-refractivity contribution in [1.82, 2.24) is 5.32 Å². The van der Waals surface area contributed by atoms with Gasteiger partial charge in [0.25, 0.3) is 0 Å². The van der Waals surface area contributed by atoms with E-state index >= 15 is 0 Å². The first-order valence-electron chi connectivity index (χ1n) is 3.53. The van der Waals surface area contributed by atoms with Crippen LogP contribution in [0.3, 0.4) is 0 Å². The van der Waals surface area contributed by atoms with Gasteiger partial charge in [0.05, 0.1) is 0 Å². The van der Waals surface area contributed by atoms with Gasteiger partial charge in [-0.3, -0.25) is 29.5 Å². The second-order valence-electron chi connectivity index (χ2n) is 2.05. The Kier molecular flexibility index (Phi) is 36.3. The Morgan fingerprint density at radius 1 is 0.722 bits per heavy atom.